The molecule has 0 spiro atoms. The second-order valence-electron chi connectivity index (χ2n) is 7.76. The maximum atomic E-state index is 13.7. The highest BCUT2D eigenvalue weighted by molar-refractivity contribution is 7.92. The second-order valence-corrected chi connectivity index (χ2v) is 10.3. The fraction of sp³-hybridized carbons (Fsp3) is 0.125. The van der Waals surface area contributed by atoms with Gasteiger partial charge in [0.2, 0.25) is 0 Å². The minimum atomic E-state index is -2.78. The maximum absolute atomic E-state index is 13.7. The Morgan fingerprint density at radius 3 is 2.17 bits per heavy atom. The average molecular weight is 502 g/mol. The molecular formula is C24H20F2N2O6S. The van der Waals surface area contributed by atoms with Gasteiger partial charge in [-0.3, -0.25) is 9.59 Å². The first-order valence-corrected chi connectivity index (χ1v) is 12.3. The lowest BCUT2D eigenvalue weighted by atomic mass is 10.0. The summed E-state index contributed by atoms with van der Waals surface area (Å²) in [5, 5.41) is 21.7. The zero-order valence-corrected chi connectivity index (χ0v) is 19.4. The number of carboxylic acids is 1. The summed E-state index contributed by atoms with van der Waals surface area (Å²) in [6.45, 7) is -0.471. The smallest absolute Gasteiger partial charge is 0.336 e. The fourth-order valence-corrected chi connectivity index (χ4v) is 3.68. The van der Waals surface area contributed by atoms with Crippen LogP contribution in [0.25, 0.3) is 11.1 Å². The van der Waals surface area contributed by atoms with Crippen molar-refractivity contribution in [3.05, 3.63) is 88.5 Å². The SMILES string of the molecule is CS(C)(=O)=NC(=O)c1ccc(C(=O)Nc2cc(-c3ccc(F)c(F)c3)ccc2CO)c(C(=O)O)c1. The van der Waals surface area contributed by atoms with Gasteiger partial charge in [-0.1, -0.05) is 18.2 Å². The normalized spacial score (nSPS) is 11.1. The van der Waals surface area contributed by atoms with Gasteiger partial charge in [0.1, 0.15) is 0 Å². The molecule has 0 bridgehead atoms. The second kappa shape index (κ2) is 10.1. The number of hydrogen-bond acceptors (Lipinski definition) is 5. The standard InChI is InChI=1S/C24H20F2N2O6S/c1-35(2,34)28-22(30)15-5-7-17(18(9-15)24(32)33)23(31)27-21-11-14(3-4-16(21)12-29)13-6-8-19(25)20(26)10-13/h3-11,29H,12H2,1-2H3,(H,27,31)(H,32,33). The molecule has 3 aromatic rings. The molecule has 8 nitrogen and oxygen atoms in total. The highest BCUT2D eigenvalue weighted by atomic mass is 32.2. The van der Waals surface area contributed by atoms with Gasteiger partial charge in [-0.05, 0) is 47.5 Å². The molecule has 0 unspecified atom stereocenters. The number of halogens is 2. The van der Waals surface area contributed by atoms with Gasteiger partial charge in [-0.15, -0.1) is 0 Å². The van der Waals surface area contributed by atoms with Crippen LogP contribution in [0.2, 0.25) is 0 Å². The van der Waals surface area contributed by atoms with Crippen molar-refractivity contribution in [2.45, 2.75) is 6.61 Å². The number of rotatable bonds is 6. The van der Waals surface area contributed by atoms with E-state index >= 15 is 0 Å². The third kappa shape index (κ3) is 6.14. The highest BCUT2D eigenvalue weighted by Crippen LogP contribution is 2.28. The van der Waals surface area contributed by atoms with E-state index in [9.17, 15) is 37.6 Å². The number of aliphatic hydroxyl groups excluding tert-OH is 1. The summed E-state index contributed by atoms with van der Waals surface area (Å²) in [5.74, 6) is -5.32. The Bertz CT molecular complexity index is 1470. The number of nitrogens with one attached hydrogen (secondary N) is 1. The van der Waals surface area contributed by atoms with Crippen LogP contribution in [0.3, 0.4) is 0 Å². The van der Waals surface area contributed by atoms with Gasteiger partial charge in [0.05, 0.1) is 17.7 Å². The number of benzene rings is 3. The Morgan fingerprint density at radius 2 is 1.57 bits per heavy atom. The summed E-state index contributed by atoms with van der Waals surface area (Å²) < 4.78 is 42.2. The number of carbonyl (C=O) groups excluding carboxylic acids is 2. The third-order valence-corrected chi connectivity index (χ3v) is 5.43. The summed E-state index contributed by atoms with van der Waals surface area (Å²) >= 11 is 0. The number of amides is 2. The van der Waals surface area contributed by atoms with Crippen LogP contribution >= 0.6 is 0 Å². The number of carboxylic acid groups (broad SMARTS) is 1. The van der Waals surface area contributed by atoms with Crippen molar-refractivity contribution in [1.29, 1.82) is 0 Å². The van der Waals surface area contributed by atoms with E-state index in [2.05, 4.69) is 9.68 Å². The Balaban J connectivity index is 1.99. The summed E-state index contributed by atoms with van der Waals surface area (Å²) in [5.41, 5.74) is 0.169. The van der Waals surface area contributed by atoms with Crippen LogP contribution in [0, 0.1) is 11.6 Å². The molecule has 3 N–H and O–H groups in total. The first-order chi connectivity index (χ1) is 16.4. The van der Waals surface area contributed by atoms with E-state index in [0.717, 1.165) is 24.3 Å². The molecule has 0 saturated carbocycles. The zero-order chi connectivity index (χ0) is 25.9. The summed E-state index contributed by atoms with van der Waals surface area (Å²) in [7, 11) is -2.78. The molecule has 0 aliphatic carbocycles. The summed E-state index contributed by atoms with van der Waals surface area (Å²) in [6, 6.07) is 11.0. The predicted molar refractivity (Wildman–Crippen MR) is 126 cm³/mol. The van der Waals surface area contributed by atoms with Crippen molar-refractivity contribution in [3.8, 4) is 11.1 Å². The number of aromatic carboxylic acids is 1. The molecule has 0 atom stereocenters. The average Bonchev–Trinajstić information content (AvgIpc) is 2.79. The lowest BCUT2D eigenvalue weighted by Gasteiger charge is -2.14. The Morgan fingerprint density at radius 1 is 0.914 bits per heavy atom. The lowest BCUT2D eigenvalue weighted by Crippen LogP contribution is -2.18. The lowest BCUT2D eigenvalue weighted by molar-refractivity contribution is 0.0692. The first-order valence-electron chi connectivity index (χ1n) is 9.99. The van der Waals surface area contributed by atoms with Crippen LogP contribution in [0.15, 0.2) is 59.0 Å². The van der Waals surface area contributed by atoms with E-state index in [4.69, 9.17) is 0 Å². The monoisotopic (exact) mass is 502 g/mol. The van der Waals surface area contributed by atoms with E-state index in [1.165, 1.54) is 36.8 Å². The molecule has 0 fully saturated rings. The minimum Gasteiger partial charge on any atom is -0.478 e. The molecule has 0 saturated heterocycles. The molecule has 0 aliphatic rings. The van der Waals surface area contributed by atoms with Crippen molar-refractivity contribution < 1.29 is 37.6 Å². The number of aliphatic hydroxyl groups is 1. The molecule has 35 heavy (non-hydrogen) atoms. The van der Waals surface area contributed by atoms with Gasteiger partial charge in [0, 0.05) is 39.1 Å². The molecule has 182 valence electrons. The molecule has 2 amide bonds. The van der Waals surface area contributed by atoms with Crippen LogP contribution in [-0.4, -0.2) is 44.7 Å². The van der Waals surface area contributed by atoms with Gasteiger partial charge >= 0.3 is 5.97 Å². The van der Waals surface area contributed by atoms with Crippen LogP contribution < -0.4 is 5.32 Å². The highest BCUT2D eigenvalue weighted by Gasteiger charge is 2.21. The Hall–Kier alpha value is -3.96. The number of nitrogens with zero attached hydrogens (tertiary/aromatic N) is 1. The van der Waals surface area contributed by atoms with Crippen LogP contribution in [-0.2, 0) is 16.3 Å². The van der Waals surface area contributed by atoms with Gasteiger partial charge in [-0.2, -0.15) is 4.36 Å². The molecule has 0 radical (unpaired) electrons. The van der Waals surface area contributed by atoms with Crippen molar-refractivity contribution in [1.82, 2.24) is 0 Å². The number of anilines is 1. The van der Waals surface area contributed by atoms with Crippen molar-refractivity contribution in [2.75, 3.05) is 17.8 Å². The first kappa shape index (κ1) is 25.7. The molecule has 3 rings (SSSR count). The molecule has 0 aliphatic heterocycles. The van der Waals surface area contributed by atoms with Gasteiger partial charge in [0.25, 0.3) is 11.8 Å². The topological polar surface area (TPSA) is 133 Å². The van der Waals surface area contributed by atoms with Crippen LogP contribution in [0.5, 0.6) is 0 Å². The molecule has 3 aromatic carbocycles. The van der Waals surface area contributed by atoms with E-state index in [1.807, 2.05) is 0 Å². The van der Waals surface area contributed by atoms with Gasteiger partial charge in [-0.25, -0.2) is 17.8 Å². The Kier molecular flexibility index (Phi) is 7.42. The van der Waals surface area contributed by atoms with Crippen LogP contribution in [0.1, 0.15) is 36.6 Å². The van der Waals surface area contributed by atoms with Crippen molar-refractivity contribution >= 4 is 33.2 Å². The molecule has 11 heteroatoms. The number of hydrogen-bond donors (Lipinski definition) is 3. The van der Waals surface area contributed by atoms with E-state index in [-0.39, 0.29) is 22.4 Å². The predicted octanol–water partition coefficient (Wildman–Crippen LogP) is 3.94. The van der Waals surface area contributed by atoms with E-state index in [0.29, 0.717) is 11.1 Å². The minimum absolute atomic E-state index is 0.114. The van der Waals surface area contributed by atoms with E-state index in [1.54, 1.807) is 6.07 Å². The number of carbonyl (C=O) groups is 3. The zero-order valence-electron chi connectivity index (χ0n) is 18.5. The largest absolute Gasteiger partial charge is 0.478 e. The third-order valence-electron chi connectivity index (χ3n) is 4.83. The van der Waals surface area contributed by atoms with E-state index < -0.39 is 51.3 Å². The molecule has 0 heterocycles. The maximum Gasteiger partial charge on any atom is 0.336 e. The Labute approximate surface area is 199 Å². The fourth-order valence-electron chi connectivity index (χ4n) is 3.18. The van der Waals surface area contributed by atoms with Crippen LogP contribution in [0.4, 0.5) is 14.5 Å². The van der Waals surface area contributed by atoms with Gasteiger partial charge in [0.15, 0.2) is 11.6 Å². The van der Waals surface area contributed by atoms with Crippen molar-refractivity contribution in [2.24, 2.45) is 4.36 Å². The quantitative estimate of drug-likeness (QED) is 0.468. The summed E-state index contributed by atoms with van der Waals surface area (Å²) in [4.78, 5) is 36.9. The van der Waals surface area contributed by atoms with Crippen molar-refractivity contribution in [3.63, 3.8) is 0 Å². The molecular weight excluding hydrogens is 482 g/mol. The van der Waals surface area contributed by atoms with Gasteiger partial charge < -0.3 is 15.5 Å². The molecule has 0 aromatic heterocycles. The summed E-state index contributed by atoms with van der Waals surface area (Å²) in [6.07, 6.45) is 2.50.